The Morgan fingerprint density at radius 1 is 1.11 bits per heavy atom. The van der Waals surface area contributed by atoms with Crippen molar-refractivity contribution in [2.75, 3.05) is 20.3 Å². The zero-order valence-corrected chi connectivity index (χ0v) is 15.9. The van der Waals surface area contributed by atoms with Gasteiger partial charge in [-0.2, -0.15) is 0 Å². The van der Waals surface area contributed by atoms with Crippen molar-refractivity contribution in [3.05, 3.63) is 47.5 Å². The highest BCUT2D eigenvalue weighted by atomic mass is 35.5. The summed E-state index contributed by atoms with van der Waals surface area (Å²) < 4.78 is 36.2. The number of ether oxygens (including phenoxy) is 4. The molecule has 0 amide bonds. The maximum absolute atomic E-state index is 13.3. The van der Waals surface area contributed by atoms with Crippen LogP contribution >= 0.6 is 11.6 Å². The first-order valence-corrected chi connectivity index (χ1v) is 9.22. The lowest BCUT2D eigenvalue weighted by Gasteiger charge is -2.24. The van der Waals surface area contributed by atoms with Gasteiger partial charge in [0, 0.05) is 25.0 Å². The van der Waals surface area contributed by atoms with E-state index in [-0.39, 0.29) is 22.8 Å². The van der Waals surface area contributed by atoms with Crippen LogP contribution in [-0.2, 0) is 4.74 Å². The van der Waals surface area contributed by atoms with Crippen LogP contribution in [0.2, 0.25) is 5.02 Å². The molecule has 0 atom stereocenters. The monoisotopic (exact) mass is 404 g/mol. The van der Waals surface area contributed by atoms with Crippen LogP contribution in [-0.4, -0.2) is 36.4 Å². The van der Waals surface area contributed by atoms with Gasteiger partial charge in [-0.05, 0) is 18.2 Å². The van der Waals surface area contributed by atoms with Crippen LogP contribution < -0.4 is 14.2 Å². The minimum atomic E-state index is -0.446. The summed E-state index contributed by atoms with van der Waals surface area (Å²) in [4.78, 5) is 8.56. The Labute approximate surface area is 166 Å². The lowest BCUT2D eigenvalue weighted by Crippen LogP contribution is -2.26. The lowest BCUT2D eigenvalue weighted by molar-refractivity contribution is 0.0261. The average molecular weight is 405 g/mol. The molecule has 1 aromatic heterocycles. The van der Waals surface area contributed by atoms with Gasteiger partial charge in [0.2, 0.25) is 5.88 Å². The summed E-state index contributed by atoms with van der Waals surface area (Å²) in [5, 5.41) is 0.738. The molecule has 8 heteroatoms. The van der Waals surface area contributed by atoms with Crippen molar-refractivity contribution in [3.8, 4) is 23.1 Å². The van der Waals surface area contributed by atoms with Gasteiger partial charge in [-0.1, -0.05) is 11.6 Å². The van der Waals surface area contributed by atoms with Crippen LogP contribution in [0.25, 0.3) is 10.9 Å². The van der Waals surface area contributed by atoms with Gasteiger partial charge in [-0.15, -0.1) is 0 Å². The molecular weight excluding hydrogens is 387 g/mol. The third-order valence-corrected chi connectivity index (χ3v) is 4.73. The number of aromatic nitrogens is 2. The summed E-state index contributed by atoms with van der Waals surface area (Å²) in [7, 11) is 1.58. The molecule has 6 nitrogen and oxygen atoms in total. The van der Waals surface area contributed by atoms with E-state index >= 15 is 0 Å². The number of benzene rings is 2. The summed E-state index contributed by atoms with van der Waals surface area (Å²) in [6.07, 6.45) is 2.96. The lowest BCUT2D eigenvalue weighted by atomic mass is 10.1. The molecule has 0 bridgehead atoms. The quantitative estimate of drug-likeness (QED) is 0.609. The Balaban J connectivity index is 1.77. The standard InChI is InChI=1S/C20H18ClFN2O4/c1-25-14-9-16-19(18(10-14)27-13-4-6-26-7-5-13)20(24-11-23-16)28-17-3-2-12(22)8-15(17)21/h2-3,8-11,13H,4-7H2,1H3. The zero-order valence-electron chi connectivity index (χ0n) is 15.2. The van der Waals surface area contributed by atoms with Crippen molar-refractivity contribution in [2.24, 2.45) is 0 Å². The van der Waals surface area contributed by atoms with Crippen LogP contribution in [0.5, 0.6) is 23.1 Å². The Hall–Kier alpha value is -2.64. The molecule has 1 fully saturated rings. The predicted molar refractivity (Wildman–Crippen MR) is 102 cm³/mol. The smallest absolute Gasteiger partial charge is 0.234 e. The molecule has 4 rings (SSSR count). The summed E-state index contributed by atoms with van der Waals surface area (Å²) >= 11 is 6.10. The van der Waals surface area contributed by atoms with E-state index in [4.69, 9.17) is 30.5 Å². The van der Waals surface area contributed by atoms with Crippen LogP contribution in [0.4, 0.5) is 4.39 Å². The molecule has 146 valence electrons. The van der Waals surface area contributed by atoms with E-state index in [0.29, 0.717) is 35.6 Å². The second-order valence-corrected chi connectivity index (χ2v) is 6.71. The zero-order chi connectivity index (χ0) is 19.5. The van der Waals surface area contributed by atoms with E-state index in [0.717, 1.165) is 12.8 Å². The first kappa shape index (κ1) is 18.7. The van der Waals surface area contributed by atoms with Gasteiger partial charge in [0.15, 0.2) is 0 Å². The highest BCUT2D eigenvalue weighted by Gasteiger charge is 2.21. The fraction of sp³-hybridized carbons (Fsp3) is 0.300. The normalized spacial score (nSPS) is 14.8. The van der Waals surface area contributed by atoms with Crippen molar-refractivity contribution < 1.29 is 23.3 Å². The third kappa shape index (κ3) is 3.95. The molecule has 0 saturated carbocycles. The summed E-state index contributed by atoms with van der Waals surface area (Å²) in [6.45, 7) is 1.30. The number of rotatable bonds is 5. The number of hydrogen-bond donors (Lipinski definition) is 0. The van der Waals surface area contributed by atoms with E-state index in [1.54, 1.807) is 19.2 Å². The molecule has 3 aromatic rings. The Morgan fingerprint density at radius 2 is 1.93 bits per heavy atom. The van der Waals surface area contributed by atoms with Crippen molar-refractivity contribution in [3.63, 3.8) is 0 Å². The number of nitrogens with zero attached hydrogens (tertiary/aromatic N) is 2. The maximum Gasteiger partial charge on any atom is 0.234 e. The molecule has 0 N–H and O–H groups in total. The number of hydrogen-bond acceptors (Lipinski definition) is 6. The highest BCUT2D eigenvalue weighted by Crippen LogP contribution is 2.39. The van der Waals surface area contributed by atoms with Gasteiger partial charge in [0.1, 0.15) is 40.9 Å². The van der Waals surface area contributed by atoms with Gasteiger partial charge >= 0.3 is 0 Å². The first-order valence-electron chi connectivity index (χ1n) is 8.84. The Morgan fingerprint density at radius 3 is 2.68 bits per heavy atom. The maximum atomic E-state index is 13.3. The molecule has 2 aromatic carbocycles. The summed E-state index contributed by atoms with van der Waals surface area (Å²) in [6, 6.07) is 7.46. The van der Waals surface area contributed by atoms with E-state index in [1.807, 2.05) is 0 Å². The van der Waals surface area contributed by atoms with E-state index in [9.17, 15) is 4.39 Å². The molecule has 0 radical (unpaired) electrons. The molecule has 1 aliphatic rings. The molecule has 0 spiro atoms. The largest absolute Gasteiger partial charge is 0.497 e. The minimum absolute atomic E-state index is 0.00604. The molecule has 1 aliphatic heterocycles. The second kappa shape index (κ2) is 8.16. The van der Waals surface area contributed by atoms with E-state index < -0.39 is 5.82 Å². The number of halogens is 2. The average Bonchev–Trinajstić information content (AvgIpc) is 2.70. The summed E-state index contributed by atoms with van der Waals surface area (Å²) in [5.41, 5.74) is 0.602. The molecule has 0 unspecified atom stereocenters. The van der Waals surface area contributed by atoms with Crippen LogP contribution in [0.1, 0.15) is 12.8 Å². The highest BCUT2D eigenvalue weighted by molar-refractivity contribution is 6.32. The third-order valence-electron chi connectivity index (χ3n) is 4.44. The SMILES string of the molecule is COc1cc(OC2CCOCC2)c2c(Oc3ccc(F)cc3Cl)ncnc2c1. The Bertz CT molecular complexity index is 995. The number of fused-ring (bicyclic) bond motifs is 1. The molecule has 28 heavy (non-hydrogen) atoms. The van der Waals surface area contributed by atoms with Gasteiger partial charge in [0.25, 0.3) is 0 Å². The van der Waals surface area contributed by atoms with Gasteiger partial charge < -0.3 is 18.9 Å². The topological polar surface area (TPSA) is 62.7 Å². The van der Waals surface area contributed by atoms with Crippen molar-refractivity contribution in [1.29, 1.82) is 0 Å². The van der Waals surface area contributed by atoms with Crippen LogP contribution in [0, 0.1) is 5.82 Å². The fourth-order valence-electron chi connectivity index (χ4n) is 3.02. The number of methoxy groups -OCH3 is 1. The predicted octanol–water partition coefficient (Wildman–Crippen LogP) is 4.78. The molecule has 0 aliphatic carbocycles. The van der Waals surface area contributed by atoms with Gasteiger partial charge in [0.05, 0.1) is 30.9 Å². The Kier molecular flexibility index (Phi) is 5.45. The summed E-state index contributed by atoms with van der Waals surface area (Å²) in [5.74, 6) is 1.27. The minimum Gasteiger partial charge on any atom is -0.497 e. The molecular formula is C20H18ClFN2O4. The van der Waals surface area contributed by atoms with Crippen molar-refractivity contribution >= 4 is 22.5 Å². The van der Waals surface area contributed by atoms with Crippen LogP contribution in [0.3, 0.4) is 0 Å². The second-order valence-electron chi connectivity index (χ2n) is 6.30. The molecule has 1 saturated heterocycles. The van der Waals surface area contributed by atoms with Gasteiger partial charge in [-0.25, -0.2) is 14.4 Å². The van der Waals surface area contributed by atoms with Crippen LogP contribution in [0.15, 0.2) is 36.7 Å². The van der Waals surface area contributed by atoms with E-state index in [1.165, 1.54) is 24.5 Å². The fourth-order valence-corrected chi connectivity index (χ4v) is 3.23. The van der Waals surface area contributed by atoms with Crippen molar-refractivity contribution in [1.82, 2.24) is 9.97 Å². The molecule has 2 heterocycles. The van der Waals surface area contributed by atoms with Crippen molar-refractivity contribution in [2.45, 2.75) is 18.9 Å². The van der Waals surface area contributed by atoms with Gasteiger partial charge in [-0.3, -0.25) is 0 Å². The first-order chi connectivity index (χ1) is 13.6. The van der Waals surface area contributed by atoms with E-state index in [2.05, 4.69) is 9.97 Å².